The fourth-order valence-corrected chi connectivity index (χ4v) is 3.54. The van der Waals surface area contributed by atoms with E-state index in [9.17, 15) is 14.9 Å². The molecule has 2 fully saturated rings. The molecule has 0 atom stereocenters. The van der Waals surface area contributed by atoms with Crippen LogP contribution in [0.3, 0.4) is 0 Å². The molecule has 0 unspecified atom stereocenters. The normalized spacial score (nSPS) is 16.8. The van der Waals surface area contributed by atoms with Crippen molar-refractivity contribution < 1.29 is 14.5 Å². The lowest BCUT2D eigenvalue weighted by Gasteiger charge is -2.27. The van der Waals surface area contributed by atoms with Crippen molar-refractivity contribution in [2.24, 2.45) is 0 Å². The number of nitro benzene ring substituents is 1. The van der Waals surface area contributed by atoms with E-state index in [-0.39, 0.29) is 17.6 Å². The molecule has 2 N–H and O–H groups in total. The van der Waals surface area contributed by atoms with Crippen LogP contribution >= 0.6 is 0 Å². The third-order valence-corrected chi connectivity index (χ3v) is 5.45. The minimum atomic E-state index is -0.449. The van der Waals surface area contributed by atoms with Crippen LogP contribution in [0.25, 0.3) is 0 Å². The summed E-state index contributed by atoms with van der Waals surface area (Å²) in [5.74, 6) is -0.261. The van der Waals surface area contributed by atoms with E-state index in [1.807, 2.05) is 18.2 Å². The van der Waals surface area contributed by atoms with Gasteiger partial charge >= 0.3 is 0 Å². The summed E-state index contributed by atoms with van der Waals surface area (Å²) in [7, 11) is 0. The molecule has 1 aliphatic heterocycles. The second kappa shape index (κ2) is 9.23. The van der Waals surface area contributed by atoms with Gasteiger partial charge in [0.2, 0.25) is 0 Å². The Morgan fingerprint density at radius 1 is 1.13 bits per heavy atom. The summed E-state index contributed by atoms with van der Waals surface area (Å²) in [5.41, 5.74) is 2.91. The molecule has 1 aliphatic carbocycles. The van der Waals surface area contributed by atoms with Crippen molar-refractivity contribution in [2.45, 2.75) is 32.0 Å². The van der Waals surface area contributed by atoms with E-state index < -0.39 is 4.92 Å². The van der Waals surface area contributed by atoms with Crippen LogP contribution < -0.4 is 10.6 Å². The number of amides is 1. The van der Waals surface area contributed by atoms with Gasteiger partial charge in [-0.15, -0.1) is 0 Å². The van der Waals surface area contributed by atoms with Crippen LogP contribution in [0, 0.1) is 10.1 Å². The maximum atomic E-state index is 12.2. The number of morpholine rings is 1. The van der Waals surface area contributed by atoms with Gasteiger partial charge in [0, 0.05) is 43.9 Å². The number of anilines is 1. The highest BCUT2D eigenvalue weighted by atomic mass is 16.6. The lowest BCUT2D eigenvalue weighted by molar-refractivity contribution is -0.384. The van der Waals surface area contributed by atoms with E-state index in [4.69, 9.17) is 4.74 Å². The summed E-state index contributed by atoms with van der Waals surface area (Å²) >= 11 is 0. The zero-order valence-corrected chi connectivity index (χ0v) is 16.8. The first-order valence-corrected chi connectivity index (χ1v) is 10.3. The highest BCUT2D eigenvalue weighted by Crippen LogP contribution is 2.27. The highest BCUT2D eigenvalue weighted by Gasteiger charge is 2.25. The summed E-state index contributed by atoms with van der Waals surface area (Å²) in [5, 5.41) is 17.6. The molecule has 2 aliphatic rings. The molecule has 0 bridgehead atoms. The molecule has 1 saturated heterocycles. The second-order valence-electron chi connectivity index (χ2n) is 7.75. The Labute approximate surface area is 175 Å². The van der Waals surface area contributed by atoms with Gasteiger partial charge in [0.25, 0.3) is 11.6 Å². The molecule has 1 saturated carbocycles. The minimum absolute atomic E-state index is 0.0934. The van der Waals surface area contributed by atoms with Crippen LogP contribution in [0.15, 0.2) is 42.5 Å². The predicted octanol–water partition coefficient (Wildman–Crippen LogP) is 2.93. The molecule has 1 amide bonds. The van der Waals surface area contributed by atoms with Gasteiger partial charge in [0.1, 0.15) is 5.69 Å². The van der Waals surface area contributed by atoms with Gasteiger partial charge in [0.15, 0.2) is 0 Å². The molecule has 0 spiro atoms. The predicted molar refractivity (Wildman–Crippen MR) is 113 cm³/mol. The largest absolute Gasteiger partial charge is 0.379 e. The summed E-state index contributed by atoms with van der Waals surface area (Å²) in [6, 6.07) is 12.9. The standard InChI is InChI=1S/C22H26N4O4/c27-22(24-19-6-7-19)16-5-8-20(21(13-16)26(28)29)23-14-17-3-1-2-4-18(17)15-25-9-11-30-12-10-25/h1-5,8,13,19,23H,6-7,9-12,14-15H2,(H,24,27). The Bertz CT molecular complexity index is 923. The zero-order valence-electron chi connectivity index (χ0n) is 16.8. The number of hydrogen-bond donors (Lipinski definition) is 2. The Balaban J connectivity index is 1.46. The van der Waals surface area contributed by atoms with Crippen LogP contribution in [0.2, 0.25) is 0 Å². The van der Waals surface area contributed by atoms with Crippen molar-refractivity contribution in [1.82, 2.24) is 10.2 Å². The van der Waals surface area contributed by atoms with Crippen molar-refractivity contribution in [1.29, 1.82) is 0 Å². The van der Waals surface area contributed by atoms with Crippen molar-refractivity contribution in [3.8, 4) is 0 Å². The maximum Gasteiger partial charge on any atom is 0.293 e. The summed E-state index contributed by atoms with van der Waals surface area (Å²) in [6.07, 6.45) is 1.94. The molecule has 1 heterocycles. The first-order valence-electron chi connectivity index (χ1n) is 10.3. The Hall–Kier alpha value is -2.97. The van der Waals surface area contributed by atoms with Crippen molar-refractivity contribution >= 4 is 17.3 Å². The summed E-state index contributed by atoms with van der Waals surface area (Å²) in [6.45, 7) is 4.58. The van der Waals surface area contributed by atoms with Gasteiger partial charge in [0.05, 0.1) is 18.1 Å². The van der Waals surface area contributed by atoms with Gasteiger partial charge in [-0.05, 0) is 36.1 Å². The van der Waals surface area contributed by atoms with Crippen molar-refractivity contribution in [2.75, 3.05) is 31.6 Å². The zero-order chi connectivity index (χ0) is 20.9. The van der Waals surface area contributed by atoms with E-state index in [0.717, 1.165) is 51.3 Å². The number of benzene rings is 2. The number of nitrogens with zero attached hydrogens (tertiary/aromatic N) is 2. The fraction of sp³-hybridized carbons (Fsp3) is 0.409. The molecule has 30 heavy (non-hydrogen) atoms. The molecule has 2 aromatic rings. The third-order valence-electron chi connectivity index (χ3n) is 5.45. The monoisotopic (exact) mass is 410 g/mol. The van der Waals surface area contributed by atoms with E-state index >= 15 is 0 Å². The number of hydrogen-bond acceptors (Lipinski definition) is 6. The molecule has 8 nitrogen and oxygen atoms in total. The first kappa shape index (κ1) is 20.3. The lowest BCUT2D eigenvalue weighted by atomic mass is 10.1. The van der Waals surface area contributed by atoms with Crippen LogP contribution in [0.1, 0.15) is 34.3 Å². The number of ether oxygens (including phenoxy) is 1. The average Bonchev–Trinajstić information content (AvgIpc) is 3.57. The van der Waals surface area contributed by atoms with E-state index in [0.29, 0.717) is 17.8 Å². The van der Waals surface area contributed by atoms with Crippen LogP contribution in [0.4, 0.5) is 11.4 Å². The minimum Gasteiger partial charge on any atom is -0.379 e. The Kier molecular flexibility index (Phi) is 6.25. The first-order chi connectivity index (χ1) is 14.6. The molecule has 8 heteroatoms. The Morgan fingerprint density at radius 2 is 1.87 bits per heavy atom. The second-order valence-corrected chi connectivity index (χ2v) is 7.75. The van der Waals surface area contributed by atoms with Crippen molar-refractivity contribution in [3.05, 3.63) is 69.3 Å². The van der Waals surface area contributed by atoms with Crippen LogP contribution in [-0.4, -0.2) is 48.1 Å². The quantitative estimate of drug-likeness (QED) is 0.513. The molecule has 158 valence electrons. The topological polar surface area (TPSA) is 96.7 Å². The molecule has 0 radical (unpaired) electrons. The van der Waals surface area contributed by atoms with Gasteiger partial charge < -0.3 is 15.4 Å². The SMILES string of the molecule is O=C(NC1CC1)c1ccc(NCc2ccccc2CN2CCOCC2)c([N+](=O)[O-])c1. The van der Waals surface area contributed by atoms with Gasteiger partial charge in [-0.25, -0.2) is 0 Å². The molecule has 2 aromatic carbocycles. The van der Waals surface area contributed by atoms with Crippen LogP contribution in [-0.2, 0) is 17.8 Å². The number of nitro groups is 1. The van der Waals surface area contributed by atoms with Gasteiger partial charge in [-0.3, -0.25) is 19.8 Å². The molecule has 0 aromatic heterocycles. The van der Waals surface area contributed by atoms with E-state index in [1.54, 1.807) is 12.1 Å². The van der Waals surface area contributed by atoms with Gasteiger partial charge in [-0.1, -0.05) is 24.3 Å². The third kappa shape index (κ3) is 5.14. The number of carbonyl (C=O) groups excluding carboxylic acids is 1. The number of carbonyl (C=O) groups is 1. The number of rotatable bonds is 8. The molecule has 4 rings (SSSR count). The average molecular weight is 410 g/mol. The van der Waals surface area contributed by atoms with Gasteiger partial charge in [-0.2, -0.15) is 0 Å². The van der Waals surface area contributed by atoms with E-state index in [1.165, 1.54) is 11.6 Å². The van der Waals surface area contributed by atoms with E-state index in [2.05, 4.69) is 21.6 Å². The fourth-order valence-electron chi connectivity index (χ4n) is 3.54. The lowest BCUT2D eigenvalue weighted by Crippen LogP contribution is -2.35. The smallest absolute Gasteiger partial charge is 0.293 e. The van der Waals surface area contributed by atoms with Crippen LogP contribution in [0.5, 0.6) is 0 Å². The Morgan fingerprint density at radius 3 is 2.57 bits per heavy atom. The maximum absolute atomic E-state index is 12.2. The molecular formula is C22H26N4O4. The number of nitrogens with one attached hydrogen (secondary N) is 2. The van der Waals surface area contributed by atoms with Crippen molar-refractivity contribution in [3.63, 3.8) is 0 Å². The molecular weight excluding hydrogens is 384 g/mol. The summed E-state index contributed by atoms with van der Waals surface area (Å²) < 4.78 is 5.41. The highest BCUT2D eigenvalue weighted by molar-refractivity contribution is 5.96. The summed E-state index contributed by atoms with van der Waals surface area (Å²) in [4.78, 5) is 25.7.